The molecule has 2 atom stereocenters. The van der Waals surface area contributed by atoms with Gasteiger partial charge in [0.05, 0.1) is 5.60 Å². The van der Waals surface area contributed by atoms with Gasteiger partial charge in [0.2, 0.25) is 0 Å². The Balaban J connectivity index is 4.32. The maximum atomic E-state index is 5.69. The lowest BCUT2D eigenvalue weighted by Crippen LogP contribution is -2.40. The topological polar surface area (TPSA) is 9.23 Å². The van der Waals surface area contributed by atoms with Crippen molar-refractivity contribution in [3.63, 3.8) is 0 Å². The molecule has 0 bridgehead atoms. The third-order valence-electron chi connectivity index (χ3n) is 3.18. The van der Waals surface area contributed by atoms with E-state index in [-0.39, 0.29) is 5.60 Å². The highest BCUT2D eigenvalue weighted by Crippen LogP contribution is 2.30. The van der Waals surface area contributed by atoms with E-state index < -0.39 is 0 Å². The zero-order valence-electron chi connectivity index (χ0n) is 8.77. The third kappa shape index (κ3) is 2.31. The molecule has 0 saturated heterocycles. The third-order valence-corrected chi connectivity index (χ3v) is 4.06. The van der Waals surface area contributed by atoms with E-state index in [1.165, 1.54) is 6.42 Å². The molecular formula is C9H22OSi. The summed E-state index contributed by atoms with van der Waals surface area (Å²) in [7, 11) is 0.847. The Morgan fingerprint density at radius 2 is 1.82 bits per heavy atom. The van der Waals surface area contributed by atoms with E-state index in [0.29, 0.717) is 11.8 Å². The summed E-state index contributed by atoms with van der Waals surface area (Å²) >= 11 is 0. The van der Waals surface area contributed by atoms with E-state index in [4.69, 9.17) is 4.43 Å². The summed E-state index contributed by atoms with van der Waals surface area (Å²) in [5.74, 6) is 1.29. The minimum Gasteiger partial charge on any atom is -0.422 e. The smallest absolute Gasteiger partial charge is 0.146 e. The Hall–Kier alpha value is 0.177. The lowest BCUT2D eigenvalue weighted by atomic mass is 9.80. The van der Waals surface area contributed by atoms with Crippen LogP contribution in [0.5, 0.6) is 0 Å². The van der Waals surface area contributed by atoms with Crippen LogP contribution in [0.2, 0.25) is 0 Å². The standard InChI is InChI=1S/C9H22OSi/c1-6-8(4)9(5,10-11)7(2)3/h7-8H,6H2,1-5,11H3. The lowest BCUT2D eigenvalue weighted by Gasteiger charge is -2.38. The quantitative estimate of drug-likeness (QED) is 0.590. The first-order chi connectivity index (χ1) is 4.99. The Bertz CT molecular complexity index is 114. The van der Waals surface area contributed by atoms with Crippen LogP contribution in [0.3, 0.4) is 0 Å². The maximum Gasteiger partial charge on any atom is 0.146 e. The van der Waals surface area contributed by atoms with Crippen molar-refractivity contribution in [2.75, 3.05) is 0 Å². The molecule has 11 heavy (non-hydrogen) atoms. The van der Waals surface area contributed by atoms with Gasteiger partial charge in [-0.25, -0.2) is 0 Å². The molecule has 0 heterocycles. The predicted octanol–water partition coefficient (Wildman–Crippen LogP) is 1.74. The van der Waals surface area contributed by atoms with Crippen molar-refractivity contribution in [3.8, 4) is 0 Å². The first-order valence-electron chi connectivity index (χ1n) is 4.54. The van der Waals surface area contributed by atoms with E-state index in [2.05, 4.69) is 34.6 Å². The van der Waals surface area contributed by atoms with Crippen LogP contribution in [0.4, 0.5) is 0 Å². The Morgan fingerprint density at radius 1 is 1.36 bits per heavy atom. The molecule has 1 nitrogen and oxygen atoms in total. The van der Waals surface area contributed by atoms with Crippen molar-refractivity contribution in [2.45, 2.75) is 46.6 Å². The first-order valence-corrected chi connectivity index (χ1v) is 5.35. The molecule has 2 unspecified atom stereocenters. The molecule has 68 valence electrons. The van der Waals surface area contributed by atoms with Crippen LogP contribution < -0.4 is 0 Å². The number of hydrogen-bond acceptors (Lipinski definition) is 1. The molecule has 0 saturated carbocycles. The fourth-order valence-corrected chi connectivity index (χ4v) is 2.29. The molecule has 0 aliphatic heterocycles. The van der Waals surface area contributed by atoms with E-state index in [0.717, 1.165) is 10.5 Å². The van der Waals surface area contributed by atoms with Crippen LogP contribution in [0.25, 0.3) is 0 Å². The zero-order valence-corrected chi connectivity index (χ0v) is 10.8. The van der Waals surface area contributed by atoms with Gasteiger partial charge >= 0.3 is 0 Å². The summed E-state index contributed by atoms with van der Waals surface area (Å²) in [4.78, 5) is 0. The molecule has 0 aromatic rings. The van der Waals surface area contributed by atoms with Crippen LogP contribution in [-0.2, 0) is 4.43 Å². The highest BCUT2D eigenvalue weighted by molar-refractivity contribution is 5.98. The van der Waals surface area contributed by atoms with E-state index in [9.17, 15) is 0 Å². The maximum absolute atomic E-state index is 5.69. The highest BCUT2D eigenvalue weighted by Gasteiger charge is 2.32. The monoisotopic (exact) mass is 174 g/mol. The van der Waals surface area contributed by atoms with Crippen LogP contribution in [0.1, 0.15) is 41.0 Å². The minimum atomic E-state index is 0.112. The summed E-state index contributed by atoms with van der Waals surface area (Å²) in [6.07, 6.45) is 1.21. The Labute approximate surface area is 74.1 Å². The number of hydrogen-bond donors (Lipinski definition) is 0. The SMILES string of the molecule is CCC(C)C(C)(O[SiH3])C(C)C. The van der Waals surface area contributed by atoms with Crippen molar-refractivity contribution < 1.29 is 4.43 Å². The van der Waals surface area contributed by atoms with Gasteiger partial charge in [-0.2, -0.15) is 0 Å². The van der Waals surface area contributed by atoms with Crippen LogP contribution in [0, 0.1) is 11.8 Å². The molecule has 0 N–H and O–H groups in total. The Morgan fingerprint density at radius 3 is 1.91 bits per heavy atom. The Kier molecular flexibility index (Phi) is 4.33. The second-order valence-electron chi connectivity index (χ2n) is 3.85. The molecule has 0 rings (SSSR count). The fraction of sp³-hybridized carbons (Fsp3) is 1.00. The number of rotatable bonds is 4. The lowest BCUT2D eigenvalue weighted by molar-refractivity contribution is -0.00449. The van der Waals surface area contributed by atoms with Gasteiger partial charge < -0.3 is 4.43 Å². The van der Waals surface area contributed by atoms with Gasteiger partial charge in [0.1, 0.15) is 10.5 Å². The van der Waals surface area contributed by atoms with Gasteiger partial charge in [-0.3, -0.25) is 0 Å². The first kappa shape index (κ1) is 11.2. The van der Waals surface area contributed by atoms with Gasteiger partial charge in [-0.1, -0.05) is 34.1 Å². The van der Waals surface area contributed by atoms with E-state index >= 15 is 0 Å². The molecule has 0 aliphatic rings. The summed E-state index contributed by atoms with van der Waals surface area (Å²) in [5, 5.41) is 0. The predicted molar refractivity (Wildman–Crippen MR) is 53.7 cm³/mol. The molecule has 0 fully saturated rings. The largest absolute Gasteiger partial charge is 0.422 e. The van der Waals surface area contributed by atoms with Crippen molar-refractivity contribution in [2.24, 2.45) is 11.8 Å². The van der Waals surface area contributed by atoms with Crippen molar-refractivity contribution in [1.82, 2.24) is 0 Å². The van der Waals surface area contributed by atoms with Gasteiger partial charge in [0.15, 0.2) is 0 Å². The normalized spacial score (nSPS) is 20.2. The minimum absolute atomic E-state index is 0.112. The second kappa shape index (κ2) is 4.26. The molecule has 0 aromatic heterocycles. The van der Waals surface area contributed by atoms with Crippen molar-refractivity contribution >= 4 is 10.5 Å². The second-order valence-corrected chi connectivity index (χ2v) is 4.26. The average molecular weight is 174 g/mol. The fourth-order valence-electron chi connectivity index (χ4n) is 1.41. The van der Waals surface area contributed by atoms with Crippen molar-refractivity contribution in [1.29, 1.82) is 0 Å². The van der Waals surface area contributed by atoms with Crippen LogP contribution in [0.15, 0.2) is 0 Å². The molecule has 0 radical (unpaired) electrons. The molecule has 0 amide bonds. The summed E-state index contributed by atoms with van der Waals surface area (Å²) in [6.45, 7) is 11.2. The zero-order chi connectivity index (χ0) is 9.07. The van der Waals surface area contributed by atoms with Gasteiger partial charge in [0.25, 0.3) is 0 Å². The van der Waals surface area contributed by atoms with Crippen LogP contribution >= 0.6 is 0 Å². The summed E-state index contributed by atoms with van der Waals surface area (Å²) in [5.41, 5.74) is 0.112. The summed E-state index contributed by atoms with van der Waals surface area (Å²) in [6, 6.07) is 0. The molecule has 0 aliphatic carbocycles. The molecule has 0 aromatic carbocycles. The van der Waals surface area contributed by atoms with Gasteiger partial charge in [-0.15, -0.1) is 0 Å². The van der Waals surface area contributed by atoms with Gasteiger partial charge in [-0.05, 0) is 18.8 Å². The van der Waals surface area contributed by atoms with Crippen molar-refractivity contribution in [3.05, 3.63) is 0 Å². The molecule has 2 heteroatoms. The molecular weight excluding hydrogens is 152 g/mol. The van der Waals surface area contributed by atoms with E-state index in [1.54, 1.807) is 0 Å². The highest BCUT2D eigenvalue weighted by atomic mass is 28.2. The van der Waals surface area contributed by atoms with Crippen LogP contribution in [-0.4, -0.2) is 16.1 Å². The molecule has 0 spiro atoms. The van der Waals surface area contributed by atoms with E-state index in [1.807, 2.05) is 0 Å². The van der Waals surface area contributed by atoms with Gasteiger partial charge in [0, 0.05) is 0 Å². The summed E-state index contributed by atoms with van der Waals surface area (Å²) < 4.78 is 5.69. The average Bonchev–Trinajstić information content (AvgIpc) is 2.01.